The molecule has 1 fully saturated rings. The highest BCUT2D eigenvalue weighted by molar-refractivity contribution is 6.30. The molecule has 3 amide bonds. The molecular formula is C31H39ClFN5O4. The fourth-order valence-electron chi connectivity index (χ4n) is 5.27. The number of aromatic nitrogens is 2. The van der Waals surface area contributed by atoms with Gasteiger partial charge in [0.25, 0.3) is 5.91 Å². The minimum absolute atomic E-state index is 0.182. The molecule has 4 rings (SSSR count). The molecule has 0 saturated carbocycles. The smallest absolute Gasteiger partial charge is 0.408 e. The number of benzene rings is 1. The third kappa shape index (κ3) is 8.00. The van der Waals surface area contributed by atoms with E-state index >= 15 is 0 Å². The Kier molecular flexibility index (Phi) is 9.76. The fourth-order valence-corrected chi connectivity index (χ4v) is 5.50. The van der Waals surface area contributed by atoms with Gasteiger partial charge in [-0.25, -0.2) is 14.2 Å². The van der Waals surface area contributed by atoms with Crippen LogP contribution < -0.4 is 10.6 Å². The average Bonchev–Trinajstić information content (AvgIpc) is 3.38. The number of piperidine rings is 1. The Morgan fingerprint density at radius 1 is 1.19 bits per heavy atom. The topological polar surface area (TPSA) is 105 Å². The summed E-state index contributed by atoms with van der Waals surface area (Å²) in [6.45, 7) is 9.91. The van der Waals surface area contributed by atoms with Crippen LogP contribution in [0.15, 0.2) is 49.1 Å². The van der Waals surface area contributed by atoms with Crippen molar-refractivity contribution in [3.8, 4) is 0 Å². The molecule has 1 aliphatic rings. The largest absolute Gasteiger partial charge is 0.444 e. The number of likely N-dealkylation sites (tertiary alicyclic amines) is 1. The Hall–Kier alpha value is -3.66. The summed E-state index contributed by atoms with van der Waals surface area (Å²) >= 11 is 6.20. The number of imidazole rings is 1. The van der Waals surface area contributed by atoms with Gasteiger partial charge in [0.15, 0.2) is 0 Å². The Morgan fingerprint density at radius 2 is 1.95 bits per heavy atom. The standard InChI is InChI=1S/C31H39ClFN5O4/c1-19(2)8-9-25(36-30(41)42-31(3,4)5)28(39)35-26-17-37(12-10-23(26)20-13-21(32)15-22(33)14-20)29(40)24-7-6-11-38-18-34-16-27(24)38/h6-7,11,13-16,18-19,23,25-26H,8-10,12,17H2,1-5H3,(H,35,39)(H,36,41)/t23-,25+,26+/m0/s1. The lowest BCUT2D eigenvalue weighted by molar-refractivity contribution is -0.124. The normalized spacial score (nSPS) is 18.1. The minimum atomic E-state index is -0.856. The summed E-state index contributed by atoms with van der Waals surface area (Å²) in [5.74, 6) is -1.08. The van der Waals surface area contributed by atoms with Crippen LogP contribution in [-0.2, 0) is 9.53 Å². The second kappa shape index (κ2) is 13.1. The van der Waals surface area contributed by atoms with Gasteiger partial charge in [-0.15, -0.1) is 0 Å². The molecule has 2 aromatic heterocycles. The second-order valence-corrected chi connectivity index (χ2v) is 12.7. The van der Waals surface area contributed by atoms with Gasteiger partial charge in [-0.2, -0.15) is 0 Å². The zero-order valence-electron chi connectivity index (χ0n) is 24.7. The van der Waals surface area contributed by atoms with Gasteiger partial charge in [-0.05, 0) is 81.8 Å². The van der Waals surface area contributed by atoms with Gasteiger partial charge >= 0.3 is 6.09 Å². The summed E-state index contributed by atoms with van der Waals surface area (Å²) in [6.07, 6.45) is 5.96. The third-order valence-corrected chi connectivity index (χ3v) is 7.48. The van der Waals surface area contributed by atoms with Crippen LogP contribution in [0.5, 0.6) is 0 Å². The number of nitrogens with zero attached hydrogens (tertiary/aromatic N) is 3. The van der Waals surface area contributed by atoms with Gasteiger partial charge in [0, 0.05) is 30.2 Å². The number of pyridine rings is 1. The highest BCUT2D eigenvalue weighted by atomic mass is 35.5. The molecule has 2 N–H and O–H groups in total. The van der Waals surface area contributed by atoms with Gasteiger partial charge in [0.2, 0.25) is 5.91 Å². The van der Waals surface area contributed by atoms with E-state index in [4.69, 9.17) is 16.3 Å². The molecule has 3 heterocycles. The molecular weight excluding hydrogens is 561 g/mol. The zero-order chi connectivity index (χ0) is 30.6. The van der Waals surface area contributed by atoms with Gasteiger partial charge in [0.05, 0.1) is 29.6 Å². The number of hydrogen-bond acceptors (Lipinski definition) is 5. The fraction of sp³-hybridized carbons (Fsp3) is 0.484. The van der Waals surface area contributed by atoms with Gasteiger partial charge in [0.1, 0.15) is 17.5 Å². The van der Waals surface area contributed by atoms with Crippen LogP contribution in [0, 0.1) is 11.7 Å². The molecule has 0 bridgehead atoms. The SMILES string of the molecule is CC(C)CC[C@@H](NC(=O)OC(C)(C)C)C(=O)N[C@@H]1CN(C(=O)c2cccn3cncc23)CC[C@H]1c1cc(F)cc(Cl)c1. The average molecular weight is 600 g/mol. The van der Waals surface area contributed by atoms with E-state index in [0.29, 0.717) is 48.4 Å². The van der Waals surface area contributed by atoms with Crippen LogP contribution in [0.3, 0.4) is 0 Å². The van der Waals surface area contributed by atoms with Gasteiger partial charge in [-0.1, -0.05) is 25.4 Å². The summed E-state index contributed by atoms with van der Waals surface area (Å²) in [4.78, 5) is 45.9. The number of ether oxygens (including phenoxy) is 1. The maximum atomic E-state index is 14.4. The van der Waals surface area contributed by atoms with Crippen molar-refractivity contribution in [1.29, 1.82) is 0 Å². The van der Waals surface area contributed by atoms with Gasteiger partial charge < -0.3 is 24.7 Å². The van der Waals surface area contributed by atoms with Crippen LogP contribution in [-0.4, -0.2) is 63.0 Å². The summed E-state index contributed by atoms with van der Waals surface area (Å²) in [5.41, 5.74) is 1.08. The van der Waals surface area contributed by atoms with Crippen molar-refractivity contribution in [2.45, 2.75) is 77.5 Å². The molecule has 1 aliphatic heterocycles. The molecule has 1 aromatic carbocycles. The first-order valence-electron chi connectivity index (χ1n) is 14.3. The number of carbonyl (C=O) groups excluding carboxylic acids is 3. The number of rotatable bonds is 8. The summed E-state index contributed by atoms with van der Waals surface area (Å²) in [6, 6.07) is 6.44. The molecule has 3 aromatic rings. The van der Waals surface area contributed by atoms with E-state index in [-0.39, 0.29) is 23.4 Å². The lowest BCUT2D eigenvalue weighted by Crippen LogP contribution is -2.57. The molecule has 11 heteroatoms. The van der Waals surface area contributed by atoms with E-state index in [1.165, 1.54) is 12.1 Å². The quantitative estimate of drug-likeness (QED) is 0.352. The van der Waals surface area contributed by atoms with Crippen molar-refractivity contribution < 1.29 is 23.5 Å². The van der Waals surface area contributed by atoms with E-state index in [9.17, 15) is 18.8 Å². The Morgan fingerprint density at radius 3 is 2.64 bits per heavy atom. The third-order valence-electron chi connectivity index (χ3n) is 7.26. The van der Waals surface area contributed by atoms with Crippen molar-refractivity contribution in [3.05, 3.63) is 71.0 Å². The van der Waals surface area contributed by atoms with Crippen LogP contribution >= 0.6 is 11.6 Å². The maximum Gasteiger partial charge on any atom is 0.408 e. The molecule has 3 atom stereocenters. The monoisotopic (exact) mass is 599 g/mol. The van der Waals surface area contributed by atoms with Crippen LogP contribution in [0.25, 0.3) is 5.52 Å². The second-order valence-electron chi connectivity index (χ2n) is 12.2. The van der Waals surface area contributed by atoms with Crippen molar-refractivity contribution >= 4 is 35.0 Å². The first kappa shape index (κ1) is 31.3. The number of amides is 3. The molecule has 0 spiro atoms. The molecule has 0 unspecified atom stereocenters. The molecule has 9 nitrogen and oxygen atoms in total. The van der Waals surface area contributed by atoms with E-state index < -0.39 is 35.5 Å². The van der Waals surface area contributed by atoms with E-state index in [2.05, 4.69) is 15.6 Å². The molecule has 226 valence electrons. The zero-order valence-corrected chi connectivity index (χ0v) is 25.5. The number of alkyl carbamates (subject to hydrolysis) is 1. The van der Waals surface area contributed by atoms with Crippen molar-refractivity contribution in [1.82, 2.24) is 24.9 Å². The Balaban J connectivity index is 1.60. The van der Waals surface area contributed by atoms with Crippen LogP contribution in [0.1, 0.15) is 75.7 Å². The molecule has 0 radical (unpaired) electrons. The first-order valence-corrected chi connectivity index (χ1v) is 14.6. The number of nitrogens with one attached hydrogen (secondary N) is 2. The molecule has 42 heavy (non-hydrogen) atoms. The predicted molar refractivity (Wildman–Crippen MR) is 159 cm³/mol. The maximum absolute atomic E-state index is 14.4. The van der Waals surface area contributed by atoms with Crippen molar-refractivity contribution in [2.75, 3.05) is 13.1 Å². The summed E-state index contributed by atoms with van der Waals surface area (Å²) < 4.78 is 21.6. The predicted octanol–water partition coefficient (Wildman–Crippen LogP) is 5.57. The van der Waals surface area contributed by atoms with Crippen molar-refractivity contribution in [2.24, 2.45) is 5.92 Å². The summed E-state index contributed by atoms with van der Waals surface area (Å²) in [7, 11) is 0. The van der Waals surface area contributed by atoms with Crippen molar-refractivity contribution in [3.63, 3.8) is 0 Å². The number of fused-ring (bicyclic) bond motifs is 1. The summed E-state index contributed by atoms with van der Waals surface area (Å²) in [5, 5.41) is 6.06. The van der Waals surface area contributed by atoms with Gasteiger partial charge in [-0.3, -0.25) is 9.59 Å². The lowest BCUT2D eigenvalue weighted by Gasteiger charge is -2.40. The minimum Gasteiger partial charge on any atom is -0.444 e. The molecule has 1 saturated heterocycles. The van der Waals surface area contributed by atoms with E-state index in [1.807, 2.05) is 20.0 Å². The van der Waals surface area contributed by atoms with E-state index in [1.54, 1.807) is 60.8 Å². The number of halogens is 2. The first-order chi connectivity index (χ1) is 19.8. The number of carbonyl (C=O) groups is 3. The Labute approximate surface area is 250 Å². The Bertz CT molecular complexity index is 1420. The molecule has 0 aliphatic carbocycles. The lowest BCUT2D eigenvalue weighted by atomic mass is 9.84. The van der Waals surface area contributed by atoms with Crippen LogP contribution in [0.2, 0.25) is 5.02 Å². The highest BCUT2D eigenvalue weighted by Crippen LogP contribution is 2.32. The highest BCUT2D eigenvalue weighted by Gasteiger charge is 2.36. The van der Waals surface area contributed by atoms with Crippen LogP contribution in [0.4, 0.5) is 9.18 Å². The number of hydrogen-bond donors (Lipinski definition) is 2. The van der Waals surface area contributed by atoms with E-state index in [0.717, 1.165) is 0 Å².